The quantitative estimate of drug-likeness (QED) is 0.608. The molecule has 7 heteroatoms. The summed E-state index contributed by atoms with van der Waals surface area (Å²) in [5.41, 5.74) is 2.81. The van der Waals surface area contributed by atoms with E-state index in [0.29, 0.717) is 43.8 Å². The Labute approximate surface area is 202 Å². The third-order valence-corrected chi connectivity index (χ3v) is 6.89. The molecular formula is C27H36N4O3. The lowest BCUT2D eigenvalue weighted by atomic mass is 9.95. The fourth-order valence-electron chi connectivity index (χ4n) is 4.69. The van der Waals surface area contributed by atoms with E-state index in [1.54, 1.807) is 17.2 Å². The Hall–Kier alpha value is -3.09. The number of carbonyl (C=O) groups excluding carboxylic acids is 2. The second kappa shape index (κ2) is 11.9. The molecule has 2 aliphatic rings. The topological polar surface area (TPSA) is 83.6 Å². The number of hydrogen-bond acceptors (Lipinski definition) is 5. The van der Waals surface area contributed by atoms with Gasteiger partial charge in [0, 0.05) is 37.4 Å². The molecule has 182 valence electrons. The van der Waals surface area contributed by atoms with Gasteiger partial charge in [0.25, 0.3) is 5.91 Å². The molecule has 0 spiro atoms. The van der Waals surface area contributed by atoms with Gasteiger partial charge < -0.3 is 20.3 Å². The average Bonchev–Trinajstić information content (AvgIpc) is 2.88. The average molecular weight is 465 g/mol. The van der Waals surface area contributed by atoms with Crippen LogP contribution in [0.25, 0.3) is 0 Å². The zero-order valence-electron chi connectivity index (χ0n) is 20.1. The fraction of sp³-hybridized carbons (Fsp3) is 0.519. The predicted molar refractivity (Wildman–Crippen MR) is 133 cm³/mol. The van der Waals surface area contributed by atoms with E-state index in [1.165, 1.54) is 24.8 Å². The number of hydrogen-bond donors (Lipinski definition) is 2. The van der Waals surface area contributed by atoms with Gasteiger partial charge in [0.15, 0.2) is 0 Å². The van der Waals surface area contributed by atoms with E-state index in [4.69, 9.17) is 4.74 Å². The Balaban J connectivity index is 1.17. The molecule has 1 aliphatic heterocycles. The fourth-order valence-corrected chi connectivity index (χ4v) is 4.69. The van der Waals surface area contributed by atoms with Crippen molar-refractivity contribution in [2.75, 3.05) is 25.0 Å². The summed E-state index contributed by atoms with van der Waals surface area (Å²) in [5, 5.41) is 6.55. The largest absolute Gasteiger partial charge is 0.445 e. The molecule has 2 amide bonds. The van der Waals surface area contributed by atoms with E-state index < -0.39 is 0 Å². The van der Waals surface area contributed by atoms with E-state index in [9.17, 15) is 9.59 Å². The van der Waals surface area contributed by atoms with E-state index in [0.717, 1.165) is 37.1 Å². The van der Waals surface area contributed by atoms with Crippen molar-refractivity contribution in [2.45, 2.75) is 64.5 Å². The zero-order chi connectivity index (χ0) is 23.8. The number of ether oxygens (including phenoxy) is 1. The molecule has 1 saturated carbocycles. The highest BCUT2D eigenvalue weighted by Gasteiger charge is 2.24. The van der Waals surface area contributed by atoms with E-state index in [2.05, 4.69) is 15.6 Å². The molecule has 0 unspecified atom stereocenters. The number of carbonyl (C=O) groups is 2. The van der Waals surface area contributed by atoms with Crippen LogP contribution in [0.15, 0.2) is 42.6 Å². The minimum absolute atomic E-state index is 0.0750. The number of piperidine rings is 1. The minimum atomic E-state index is -0.266. The Kier molecular flexibility index (Phi) is 8.39. The number of rotatable bonds is 7. The molecule has 4 rings (SSSR count). The first-order chi connectivity index (χ1) is 16.6. The van der Waals surface area contributed by atoms with E-state index >= 15 is 0 Å². The molecule has 2 N–H and O–H groups in total. The number of nitrogens with one attached hydrogen (secondary N) is 2. The van der Waals surface area contributed by atoms with Crippen LogP contribution in [0.1, 0.15) is 66.4 Å². The first kappa shape index (κ1) is 24.0. The summed E-state index contributed by atoms with van der Waals surface area (Å²) in [4.78, 5) is 31.2. The van der Waals surface area contributed by atoms with Crippen molar-refractivity contribution < 1.29 is 14.3 Å². The van der Waals surface area contributed by atoms with E-state index in [1.807, 2.05) is 37.3 Å². The molecule has 0 bridgehead atoms. The van der Waals surface area contributed by atoms with E-state index in [-0.39, 0.29) is 12.0 Å². The van der Waals surface area contributed by atoms with Gasteiger partial charge >= 0.3 is 6.09 Å². The zero-order valence-corrected chi connectivity index (χ0v) is 20.1. The van der Waals surface area contributed by atoms with Gasteiger partial charge in [0.05, 0.1) is 0 Å². The van der Waals surface area contributed by atoms with Gasteiger partial charge in [-0.25, -0.2) is 9.78 Å². The number of likely N-dealkylation sites (tertiary alicyclic amines) is 1. The number of aromatic nitrogens is 1. The van der Waals surface area contributed by atoms with Crippen LogP contribution in [0.5, 0.6) is 0 Å². The summed E-state index contributed by atoms with van der Waals surface area (Å²) in [7, 11) is 0. The highest BCUT2D eigenvalue weighted by Crippen LogP contribution is 2.21. The van der Waals surface area contributed by atoms with Gasteiger partial charge in [-0.2, -0.15) is 0 Å². The first-order valence-corrected chi connectivity index (χ1v) is 12.5. The third kappa shape index (κ3) is 6.95. The van der Waals surface area contributed by atoms with Crippen molar-refractivity contribution in [1.82, 2.24) is 15.2 Å². The smallest absolute Gasteiger partial charge is 0.410 e. The van der Waals surface area contributed by atoms with Crippen LogP contribution in [0.2, 0.25) is 0 Å². The van der Waals surface area contributed by atoms with Gasteiger partial charge in [-0.15, -0.1) is 0 Å². The van der Waals surface area contributed by atoms with Gasteiger partial charge in [-0.1, -0.05) is 49.1 Å². The summed E-state index contributed by atoms with van der Waals surface area (Å²) in [6.07, 6.45) is 9.27. The van der Waals surface area contributed by atoms with Crippen LogP contribution >= 0.6 is 0 Å². The maximum Gasteiger partial charge on any atom is 0.410 e. The minimum Gasteiger partial charge on any atom is -0.445 e. The van der Waals surface area contributed by atoms with Gasteiger partial charge in [0.1, 0.15) is 12.4 Å². The number of benzene rings is 1. The van der Waals surface area contributed by atoms with Crippen LogP contribution < -0.4 is 10.6 Å². The normalized spacial score (nSPS) is 17.3. The highest BCUT2D eigenvalue weighted by molar-refractivity contribution is 5.94. The number of amides is 2. The second-order valence-electron chi connectivity index (χ2n) is 9.59. The van der Waals surface area contributed by atoms with Gasteiger partial charge in [0.2, 0.25) is 0 Å². The lowest BCUT2D eigenvalue weighted by Gasteiger charge is -2.31. The Morgan fingerprint density at radius 2 is 1.76 bits per heavy atom. The number of anilines is 1. The maximum atomic E-state index is 12.7. The molecule has 1 aromatic carbocycles. The molecule has 0 radical (unpaired) electrons. The molecule has 1 aromatic heterocycles. The van der Waals surface area contributed by atoms with Crippen LogP contribution in [-0.2, 0) is 11.3 Å². The first-order valence-electron chi connectivity index (χ1n) is 12.5. The highest BCUT2D eigenvalue weighted by atomic mass is 16.6. The van der Waals surface area contributed by atoms with Gasteiger partial charge in [-0.3, -0.25) is 4.79 Å². The molecule has 7 nitrogen and oxygen atoms in total. The van der Waals surface area contributed by atoms with Crippen LogP contribution in [0.4, 0.5) is 10.6 Å². The molecule has 2 heterocycles. The molecule has 0 atom stereocenters. The lowest BCUT2D eigenvalue weighted by Crippen LogP contribution is -2.41. The van der Waals surface area contributed by atoms with Gasteiger partial charge in [-0.05, 0) is 56.2 Å². The molecule has 2 fully saturated rings. The predicted octanol–water partition coefficient (Wildman–Crippen LogP) is 4.91. The number of aryl methyl sites for hydroxylation is 1. The lowest BCUT2D eigenvalue weighted by molar-refractivity contribution is 0.0801. The van der Waals surface area contributed by atoms with Crippen molar-refractivity contribution in [2.24, 2.45) is 5.92 Å². The summed E-state index contributed by atoms with van der Waals surface area (Å²) in [6.45, 7) is 4.24. The molecule has 2 aromatic rings. The van der Waals surface area contributed by atoms with Crippen molar-refractivity contribution in [3.05, 3.63) is 59.3 Å². The van der Waals surface area contributed by atoms with Crippen LogP contribution in [0.3, 0.4) is 0 Å². The molecular weight excluding hydrogens is 428 g/mol. The summed E-state index contributed by atoms with van der Waals surface area (Å²) in [5.74, 6) is 1.05. The summed E-state index contributed by atoms with van der Waals surface area (Å²) >= 11 is 0. The number of nitrogens with zero attached hydrogens (tertiary/aromatic N) is 2. The SMILES string of the molecule is Cc1ccc(COC(=O)N2CCC(CNC(=O)c3ccnc(NC4CCCCC4)c3)CC2)cc1. The monoisotopic (exact) mass is 464 g/mol. The van der Waals surface area contributed by atoms with Crippen LogP contribution in [0, 0.1) is 12.8 Å². The second-order valence-corrected chi connectivity index (χ2v) is 9.59. The Morgan fingerprint density at radius 1 is 1.03 bits per heavy atom. The maximum absolute atomic E-state index is 12.7. The van der Waals surface area contributed by atoms with Crippen molar-refractivity contribution >= 4 is 17.8 Å². The third-order valence-electron chi connectivity index (χ3n) is 6.89. The number of pyridine rings is 1. The molecule has 1 saturated heterocycles. The Morgan fingerprint density at radius 3 is 2.50 bits per heavy atom. The summed E-state index contributed by atoms with van der Waals surface area (Å²) in [6, 6.07) is 12.1. The Bertz CT molecular complexity index is 949. The standard InChI is InChI=1S/C27H36N4O3/c1-20-7-9-22(10-8-20)19-34-27(33)31-15-12-21(13-16-31)18-29-26(32)23-11-14-28-25(17-23)30-24-5-3-2-4-6-24/h7-11,14,17,21,24H,2-6,12-13,15-16,18-19H2,1H3,(H,28,30)(H,29,32). The summed E-state index contributed by atoms with van der Waals surface area (Å²) < 4.78 is 5.47. The van der Waals surface area contributed by atoms with Crippen LogP contribution in [-0.4, -0.2) is 47.6 Å². The van der Waals surface area contributed by atoms with Crippen molar-refractivity contribution in [1.29, 1.82) is 0 Å². The van der Waals surface area contributed by atoms with Crippen molar-refractivity contribution in [3.63, 3.8) is 0 Å². The van der Waals surface area contributed by atoms with Crippen molar-refractivity contribution in [3.8, 4) is 0 Å². The molecule has 34 heavy (non-hydrogen) atoms. The molecule has 1 aliphatic carbocycles.